The number of nitrogens with zero attached hydrogens (tertiary/aromatic N) is 1. The third kappa shape index (κ3) is 5.26. The molecular formula is C16H23F2N3O. The van der Waals surface area contributed by atoms with Crippen LogP contribution >= 0.6 is 0 Å². The molecule has 0 spiro atoms. The molecule has 1 unspecified atom stereocenters. The maximum atomic E-state index is 13.4. The molecule has 2 N–H and O–H groups in total. The van der Waals surface area contributed by atoms with E-state index in [1.54, 1.807) is 0 Å². The molecular weight excluding hydrogens is 288 g/mol. The van der Waals surface area contributed by atoms with Crippen LogP contribution in [0.4, 0.5) is 19.3 Å². The first-order chi connectivity index (χ1) is 10.5. The maximum Gasteiger partial charge on any atom is 0.319 e. The van der Waals surface area contributed by atoms with Gasteiger partial charge < -0.3 is 15.5 Å². The topological polar surface area (TPSA) is 44.4 Å². The molecule has 4 nitrogen and oxygen atoms in total. The number of nitrogens with one attached hydrogen (secondary N) is 2. The highest BCUT2D eigenvalue weighted by Gasteiger charge is 2.14. The summed E-state index contributed by atoms with van der Waals surface area (Å²) in [5.74, 6) is -0.936. The molecule has 1 aliphatic rings. The second-order valence-electron chi connectivity index (χ2n) is 5.93. The Morgan fingerprint density at radius 2 is 2.00 bits per heavy atom. The van der Waals surface area contributed by atoms with Crippen molar-refractivity contribution in [2.45, 2.75) is 26.2 Å². The Kier molecular flexibility index (Phi) is 6.12. The molecule has 0 radical (unpaired) electrons. The van der Waals surface area contributed by atoms with Crippen molar-refractivity contribution in [3.8, 4) is 0 Å². The second-order valence-corrected chi connectivity index (χ2v) is 5.93. The van der Waals surface area contributed by atoms with Gasteiger partial charge >= 0.3 is 6.03 Å². The zero-order valence-electron chi connectivity index (χ0n) is 12.9. The Bertz CT molecular complexity index is 504. The van der Waals surface area contributed by atoms with E-state index < -0.39 is 17.7 Å². The van der Waals surface area contributed by atoms with Crippen LogP contribution < -0.4 is 10.6 Å². The minimum Gasteiger partial charge on any atom is -0.338 e. The van der Waals surface area contributed by atoms with Crippen molar-refractivity contribution in [1.82, 2.24) is 10.2 Å². The summed E-state index contributed by atoms with van der Waals surface area (Å²) in [7, 11) is 0. The molecule has 0 saturated carbocycles. The van der Waals surface area contributed by atoms with Gasteiger partial charge in [-0.25, -0.2) is 13.6 Å². The number of benzene rings is 1. The minimum atomic E-state index is -0.655. The van der Waals surface area contributed by atoms with Crippen LogP contribution in [0.2, 0.25) is 0 Å². The summed E-state index contributed by atoms with van der Waals surface area (Å²) in [4.78, 5) is 14.2. The summed E-state index contributed by atoms with van der Waals surface area (Å²) in [6.07, 6.45) is 3.77. The van der Waals surface area contributed by atoms with Crippen molar-refractivity contribution in [2.75, 3.05) is 31.5 Å². The van der Waals surface area contributed by atoms with E-state index in [2.05, 4.69) is 22.5 Å². The highest BCUT2D eigenvalue weighted by atomic mass is 19.1. The van der Waals surface area contributed by atoms with Crippen LogP contribution in [0, 0.1) is 17.6 Å². The molecule has 6 heteroatoms. The SMILES string of the molecule is CC(CNC(=O)Nc1cc(F)ccc1F)CN1CCCCC1. The molecule has 1 saturated heterocycles. The molecule has 2 amide bonds. The van der Waals surface area contributed by atoms with Gasteiger partial charge in [0, 0.05) is 19.2 Å². The van der Waals surface area contributed by atoms with E-state index >= 15 is 0 Å². The number of carbonyl (C=O) groups is 1. The standard InChI is InChI=1S/C16H23F2N3O/c1-12(11-21-7-3-2-4-8-21)10-19-16(22)20-15-9-13(17)5-6-14(15)18/h5-6,9,12H,2-4,7-8,10-11H2,1H3,(H2,19,20,22). The molecule has 122 valence electrons. The van der Waals surface area contributed by atoms with E-state index in [1.165, 1.54) is 19.3 Å². The molecule has 0 bridgehead atoms. The van der Waals surface area contributed by atoms with E-state index in [4.69, 9.17) is 0 Å². The summed E-state index contributed by atoms with van der Waals surface area (Å²) in [6.45, 7) is 5.74. The quantitative estimate of drug-likeness (QED) is 0.877. The van der Waals surface area contributed by atoms with Gasteiger partial charge in [0.1, 0.15) is 11.6 Å². The van der Waals surface area contributed by atoms with Crippen LogP contribution in [0.5, 0.6) is 0 Å². The number of halogens is 2. The van der Waals surface area contributed by atoms with Gasteiger partial charge in [-0.15, -0.1) is 0 Å². The first-order valence-electron chi connectivity index (χ1n) is 7.77. The van der Waals surface area contributed by atoms with Gasteiger partial charge in [-0.3, -0.25) is 0 Å². The van der Waals surface area contributed by atoms with Crippen molar-refractivity contribution in [3.05, 3.63) is 29.8 Å². The second kappa shape index (κ2) is 8.08. The van der Waals surface area contributed by atoms with Gasteiger partial charge in [0.2, 0.25) is 0 Å². The van der Waals surface area contributed by atoms with Gasteiger partial charge in [0.05, 0.1) is 5.69 Å². The minimum absolute atomic E-state index is 0.152. The number of piperidine rings is 1. The fraction of sp³-hybridized carbons (Fsp3) is 0.562. The lowest BCUT2D eigenvalue weighted by Gasteiger charge is -2.29. The van der Waals surface area contributed by atoms with Crippen LogP contribution in [-0.4, -0.2) is 37.1 Å². The number of anilines is 1. The van der Waals surface area contributed by atoms with Crippen LogP contribution in [0.1, 0.15) is 26.2 Å². The fourth-order valence-corrected chi connectivity index (χ4v) is 2.67. The van der Waals surface area contributed by atoms with Gasteiger partial charge in [0.25, 0.3) is 0 Å². The first-order valence-corrected chi connectivity index (χ1v) is 7.77. The van der Waals surface area contributed by atoms with Crippen molar-refractivity contribution in [3.63, 3.8) is 0 Å². The normalized spacial score (nSPS) is 17.0. The van der Waals surface area contributed by atoms with Crippen molar-refractivity contribution in [1.29, 1.82) is 0 Å². The Labute approximate surface area is 129 Å². The Hall–Kier alpha value is -1.69. The molecule has 0 aromatic heterocycles. The number of hydrogen-bond donors (Lipinski definition) is 2. The zero-order valence-corrected chi connectivity index (χ0v) is 12.9. The van der Waals surface area contributed by atoms with Gasteiger partial charge in [0.15, 0.2) is 0 Å². The fourth-order valence-electron chi connectivity index (χ4n) is 2.67. The third-order valence-electron chi connectivity index (χ3n) is 3.81. The molecule has 2 rings (SSSR count). The van der Waals surface area contributed by atoms with Crippen molar-refractivity contribution >= 4 is 11.7 Å². The zero-order chi connectivity index (χ0) is 15.9. The smallest absolute Gasteiger partial charge is 0.319 e. The first kappa shape index (κ1) is 16.7. The number of rotatable bonds is 5. The van der Waals surface area contributed by atoms with E-state index in [-0.39, 0.29) is 5.69 Å². The summed E-state index contributed by atoms with van der Waals surface area (Å²) in [6, 6.07) is 2.45. The molecule has 0 aliphatic carbocycles. The Morgan fingerprint density at radius 3 is 2.73 bits per heavy atom. The number of hydrogen-bond acceptors (Lipinski definition) is 2. The maximum absolute atomic E-state index is 13.4. The number of carbonyl (C=O) groups excluding carboxylic acids is 1. The summed E-state index contributed by atoms with van der Waals surface area (Å²) >= 11 is 0. The summed E-state index contributed by atoms with van der Waals surface area (Å²) in [5.41, 5.74) is -0.152. The molecule has 1 heterocycles. The number of urea groups is 1. The third-order valence-corrected chi connectivity index (χ3v) is 3.81. The van der Waals surface area contributed by atoms with E-state index in [0.29, 0.717) is 12.5 Å². The Balaban J connectivity index is 1.73. The highest BCUT2D eigenvalue weighted by molar-refractivity contribution is 5.89. The van der Waals surface area contributed by atoms with Gasteiger partial charge in [-0.05, 0) is 44.0 Å². The van der Waals surface area contributed by atoms with E-state index in [1.807, 2.05) is 0 Å². The lowest BCUT2D eigenvalue weighted by molar-refractivity contribution is 0.198. The largest absolute Gasteiger partial charge is 0.338 e. The predicted octanol–water partition coefficient (Wildman–Crippen LogP) is 3.21. The summed E-state index contributed by atoms with van der Waals surface area (Å²) in [5, 5.41) is 5.03. The van der Waals surface area contributed by atoms with Crippen LogP contribution in [0.25, 0.3) is 0 Å². The lowest BCUT2D eigenvalue weighted by Crippen LogP contribution is -2.39. The molecule has 22 heavy (non-hydrogen) atoms. The lowest BCUT2D eigenvalue weighted by atomic mass is 10.1. The Morgan fingerprint density at radius 1 is 1.27 bits per heavy atom. The molecule has 1 atom stereocenters. The predicted molar refractivity (Wildman–Crippen MR) is 82.8 cm³/mol. The monoisotopic (exact) mass is 311 g/mol. The highest BCUT2D eigenvalue weighted by Crippen LogP contribution is 2.15. The van der Waals surface area contributed by atoms with Crippen LogP contribution in [0.3, 0.4) is 0 Å². The average Bonchev–Trinajstić information content (AvgIpc) is 2.50. The van der Waals surface area contributed by atoms with E-state index in [0.717, 1.165) is 37.8 Å². The van der Waals surface area contributed by atoms with Crippen LogP contribution in [0.15, 0.2) is 18.2 Å². The molecule has 1 aliphatic heterocycles. The molecule has 1 aromatic carbocycles. The average molecular weight is 311 g/mol. The van der Waals surface area contributed by atoms with Crippen molar-refractivity contribution in [2.24, 2.45) is 5.92 Å². The number of likely N-dealkylation sites (tertiary alicyclic amines) is 1. The molecule has 1 fully saturated rings. The van der Waals surface area contributed by atoms with Crippen LogP contribution in [-0.2, 0) is 0 Å². The van der Waals surface area contributed by atoms with E-state index in [9.17, 15) is 13.6 Å². The summed E-state index contributed by atoms with van der Waals surface area (Å²) < 4.78 is 26.5. The van der Waals surface area contributed by atoms with Crippen molar-refractivity contribution < 1.29 is 13.6 Å². The number of amides is 2. The molecule has 1 aromatic rings. The van der Waals surface area contributed by atoms with Gasteiger partial charge in [-0.1, -0.05) is 13.3 Å². The van der Waals surface area contributed by atoms with Gasteiger partial charge in [-0.2, -0.15) is 0 Å².